The van der Waals surface area contributed by atoms with Gasteiger partial charge in [0.2, 0.25) is 0 Å². The molecule has 30 valence electrons. The van der Waals surface area contributed by atoms with Crippen LogP contribution in [0.1, 0.15) is 0 Å². The third-order valence-corrected chi connectivity index (χ3v) is 0.535. The molecule has 0 atom stereocenters. The van der Waals surface area contributed by atoms with Crippen LogP contribution >= 0.6 is 22.9 Å². The molecule has 0 heterocycles. The Balaban J connectivity index is 2.54. The van der Waals surface area contributed by atoms with Gasteiger partial charge in [0, 0.05) is 6.44 Å². The fraction of sp³-hybridized carbons (Fsp3) is 1.00. The van der Waals surface area contributed by atoms with E-state index >= 15 is 0 Å². The van der Waals surface area contributed by atoms with Gasteiger partial charge in [-0.1, -0.05) is 0 Å². The van der Waals surface area contributed by atoms with Crippen LogP contribution in [-0.2, 0) is 0 Å². The second-order valence-corrected chi connectivity index (χ2v) is 1.90. The molecule has 0 aliphatic carbocycles. The van der Waals surface area contributed by atoms with E-state index in [-0.39, 0.29) is 0 Å². The average molecular weight is 112 g/mol. The Kier molecular flexibility index (Phi) is 3.16. The van der Waals surface area contributed by atoms with Crippen LogP contribution in [0.5, 0.6) is 0 Å². The Bertz CT molecular complexity index is 23.6. The maximum absolute atomic E-state index is 5.10. The highest BCUT2D eigenvalue weighted by Gasteiger charge is 1.96. The minimum Gasteiger partial charge on any atom is -0.335 e. The van der Waals surface area contributed by atoms with Gasteiger partial charge in [-0.3, -0.25) is 0 Å². The largest absolute Gasteiger partial charge is 0.364 e. The predicted octanol–water partition coefficient (Wildman–Crippen LogP) is 0.450. The fourth-order valence-electron chi connectivity index (χ4n) is 0. The van der Waals surface area contributed by atoms with Crippen LogP contribution in [0.2, 0.25) is 0 Å². The van der Waals surface area contributed by atoms with Gasteiger partial charge in [-0.05, 0) is 0 Å². The van der Waals surface area contributed by atoms with E-state index in [2.05, 4.69) is 0 Å². The van der Waals surface area contributed by atoms with Crippen molar-refractivity contribution in [3.8, 4) is 0 Å². The Morgan fingerprint density at radius 3 is 1.80 bits per heavy atom. The van der Waals surface area contributed by atoms with E-state index < -0.39 is 5.54 Å². The monoisotopic (exact) mass is 111 g/mol. The second-order valence-electron chi connectivity index (χ2n) is 0.627. The minimum atomic E-state index is -0.394. The normalized spacial score (nSPS) is 7.80. The molecule has 0 amide bonds. The number of hydrogen-bond donors (Lipinski definition) is 1. The van der Waals surface area contributed by atoms with Crippen molar-refractivity contribution in [2.45, 2.75) is 0 Å². The van der Waals surface area contributed by atoms with Crippen LogP contribution in [0, 0.1) is 0 Å². The lowest BCUT2D eigenvalue weighted by Gasteiger charge is -1.78. The van der Waals surface area contributed by atoms with Crippen LogP contribution in [0.15, 0.2) is 0 Å². The van der Waals surface area contributed by atoms with Crippen molar-refractivity contribution < 1.29 is 0 Å². The van der Waals surface area contributed by atoms with E-state index in [9.17, 15) is 0 Å². The average Bonchev–Trinajstić information content (AvgIpc) is 1.38. The number of nitrogens with two attached hydrogens (primary N) is 1. The molecule has 0 saturated heterocycles. The van der Waals surface area contributed by atoms with E-state index in [1.165, 1.54) is 0 Å². The molecule has 0 fully saturated rings. The quantitative estimate of drug-likeness (QED) is 0.489. The van der Waals surface area contributed by atoms with Crippen molar-refractivity contribution in [1.29, 1.82) is 0 Å². The van der Waals surface area contributed by atoms with Crippen molar-refractivity contribution >= 4 is 28.5 Å². The first kappa shape index (κ1) is 5.60. The van der Waals surface area contributed by atoms with E-state index in [0.717, 1.165) is 0 Å². The number of halogens is 2. The topological polar surface area (TPSA) is 26.0 Å². The van der Waals surface area contributed by atoms with Crippen molar-refractivity contribution in [3.05, 3.63) is 0 Å². The molecule has 0 spiro atoms. The minimum absolute atomic E-state index is 0.336. The van der Waals surface area contributed by atoms with Gasteiger partial charge < -0.3 is 5.73 Å². The third-order valence-electron chi connectivity index (χ3n) is 0.178. The van der Waals surface area contributed by atoms with E-state index in [1.807, 2.05) is 0 Å². The summed E-state index contributed by atoms with van der Waals surface area (Å²) in [6.07, 6.45) is 0.336. The summed E-state index contributed by atoms with van der Waals surface area (Å²) in [6.45, 7) is 0. The molecule has 0 rings (SSSR count). The van der Waals surface area contributed by atoms with Gasteiger partial charge in [-0.25, -0.2) is 0 Å². The van der Waals surface area contributed by atoms with Gasteiger partial charge in [0.05, 0.1) is 0 Å². The molecule has 2 N–H and O–H groups in total. The summed E-state index contributed by atoms with van der Waals surface area (Å²) >= 11 is 10.2. The maximum atomic E-state index is 5.10. The maximum Gasteiger partial charge on any atom is 0.364 e. The smallest absolute Gasteiger partial charge is 0.335 e. The van der Waals surface area contributed by atoms with Gasteiger partial charge in [0.15, 0.2) is 0 Å². The molecule has 0 bridgehead atoms. The molecule has 1 nitrogen and oxygen atoms in total. The van der Waals surface area contributed by atoms with Crippen molar-refractivity contribution in [1.82, 2.24) is 0 Å². The predicted molar refractivity (Wildman–Crippen MR) is 26.5 cm³/mol. The van der Waals surface area contributed by atoms with Gasteiger partial charge in [-0.2, -0.15) is 22.9 Å². The number of rotatable bonds is 1. The molecular formula is CH4BCl2N. The highest BCUT2D eigenvalue weighted by Crippen LogP contribution is 1.88. The molecule has 0 aromatic carbocycles. The van der Waals surface area contributed by atoms with E-state index in [0.29, 0.717) is 6.44 Å². The molecule has 0 unspecified atom stereocenters. The molecule has 5 heavy (non-hydrogen) atoms. The van der Waals surface area contributed by atoms with Gasteiger partial charge in [-0.15, -0.1) is 0 Å². The van der Waals surface area contributed by atoms with Crippen LogP contribution in [0.3, 0.4) is 0 Å². The lowest BCUT2D eigenvalue weighted by Crippen LogP contribution is -2.11. The molecule has 4 heteroatoms. The molecule has 0 aromatic rings. The molecule has 0 aliphatic heterocycles. The summed E-state index contributed by atoms with van der Waals surface area (Å²) in [7, 11) is 0. The van der Waals surface area contributed by atoms with E-state index in [1.54, 1.807) is 0 Å². The fourth-order valence-corrected chi connectivity index (χ4v) is 0. The first-order chi connectivity index (χ1) is 2.27. The highest BCUT2D eigenvalue weighted by atomic mass is 35.5. The van der Waals surface area contributed by atoms with Crippen molar-refractivity contribution in [2.24, 2.45) is 5.73 Å². The Hall–Kier alpha value is 0.605. The zero-order valence-electron chi connectivity index (χ0n) is 2.62. The SMILES string of the molecule is NCB(Cl)Cl. The first-order valence-corrected chi connectivity index (χ1v) is 2.13. The van der Waals surface area contributed by atoms with E-state index in [4.69, 9.17) is 28.7 Å². The summed E-state index contributed by atoms with van der Waals surface area (Å²) in [5, 5.41) is 0. The molecule has 0 radical (unpaired) electrons. The zero-order valence-corrected chi connectivity index (χ0v) is 4.13. The summed E-state index contributed by atoms with van der Waals surface area (Å²) in [6, 6.07) is 0. The Morgan fingerprint density at radius 1 is 1.60 bits per heavy atom. The highest BCUT2D eigenvalue weighted by molar-refractivity contribution is 7.33. The van der Waals surface area contributed by atoms with Crippen LogP contribution in [0.4, 0.5) is 0 Å². The van der Waals surface area contributed by atoms with Crippen LogP contribution in [0.25, 0.3) is 0 Å². The zero-order chi connectivity index (χ0) is 4.28. The van der Waals surface area contributed by atoms with Gasteiger partial charge in [0.1, 0.15) is 0 Å². The molecule has 0 aliphatic rings. The van der Waals surface area contributed by atoms with Gasteiger partial charge >= 0.3 is 5.54 Å². The first-order valence-electron chi connectivity index (χ1n) is 1.25. The standard InChI is InChI=1S/CH4BCl2N/c3-2(4)1-5/h1,5H2. The van der Waals surface area contributed by atoms with Crippen LogP contribution in [-0.4, -0.2) is 12.0 Å². The van der Waals surface area contributed by atoms with Crippen LogP contribution < -0.4 is 5.73 Å². The number of hydrogen-bond acceptors (Lipinski definition) is 1. The van der Waals surface area contributed by atoms with Gasteiger partial charge in [0.25, 0.3) is 0 Å². The Labute approximate surface area is 41.3 Å². The second kappa shape index (κ2) is 2.82. The summed E-state index contributed by atoms with van der Waals surface area (Å²) < 4.78 is 0. The summed E-state index contributed by atoms with van der Waals surface area (Å²) in [4.78, 5) is 0. The summed E-state index contributed by atoms with van der Waals surface area (Å²) in [5.74, 6) is 0. The van der Waals surface area contributed by atoms with Crippen molar-refractivity contribution in [3.63, 3.8) is 0 Å². The lowest BCUT2D eigenvalue weighted by molar-refractivity contribution is 1.37. The van der Waals surface area contributed by atoms with Crippen molar-refractivity contribution in [2.75, 3.05) is 6.44 Å². The molecule has 0 saturated carbocycles. The molecular weight excluding hydrogens is 108 g/mol. The summed E-state index contributed by atoms with van der Waals surface area (Å²) in [5.41, 5.74) is 4.51. The lowest BCUT2D eigenvalue weighted by atomic mass is 10.1. The third kappa shape index (κ3) is 4.60. The Morgan fingerprint density at radius 2 is 1.80 bits per heavy atom. The molecule has 0 aromatic heterocycles.